The van der Waals surface area contributed by atoms with E-state index in [1.807, 2.05) is 0 Å². The maximum absolute atomic E-state index is 10.6. The molecule has 0 fully saturated rings. The van der Waals surface area contributed by atoms with Gasteiger partial charge < -0.3 is 10.4 Å². The van der Waals surface area contributed by atoms with Crippen LogP contribution in [-0.2, 0) is 9.59 Å². The van der Waals surface area contributed by atoms with Gasteiger partial charge in [0.05, 0.1) is 0 Å². The average Bonchev–Trinajstić information content (AvgIpc) is 1.99. The summed E-state index contributed by atoms with van der Waals surface area (Å²) in [7, 11) is 0. The molecule has 0 saturated carbocycles. The van der Waals surface area contributed by atoms with Gasteiger partial charge in [0.2, 0.25) is 6.41 Å². The molecule has 0 saturated heterocycles. The topological polar surface area (TPSA) is 66.4 Å². The van der Waals surface area contributed by atoms with Crippen molar-refractivity contribution in [3.8, 4) is 0 Å². The molecule has 12 heavy (non-hydrogen) atoms. The lowest BCUT2D eigenvalue weighted by Crippen LogP contribution is -2.40. The van der Waals surface area contributed by atoms with Crippen LogP contribution in [0.15, 0.2) is 12.7 Å². The van der Waals surface area contributed by atoms with Crippen molar-refractivity contribution in [2.45, 2.75) is 19.4 Å². The number of hydrogen-bond acceptors (Lipinski definition) is 2. The molecule has 0 aliphatic carbocycles. The number of carbonyl (C=O) groups is 2. The van der Waals surface area contributed by atoms with Crippen LogP contribution in [0.25, 0.3) is 0 Å². The zero-order chi connectivity index (χ0) is 9.56. The zero-order valence-electron chi connectivity index (χ0n) is 6.99. The molecule has 0 heterocycles. The van der Waals surface area contributed by atoms with Crippen LogP contribution in [-0.4, -0.2) is 23.5 Å². The minimum atomic E-state index is -1.02. The van der Waals surface area contributed by atoms with E-state index < -0.39 is 12.0 Å². The molecule has 0 rings (SSSR count). The van der Waals surface area contributed by atoms with E-state index in [4.69, 9.17) is 5.11 Å². The van der Waals surface area contributed by atoms with Crippen molar-refractivity contribution >= 4 is 12.4 Å². The number of allylic oxidation sites excluding steroid dienone is 1. The van der Waals surface area contributed by atoms with Crippen LogP contribution in [0.3, 0.4) is 0 Å². The summed E-state index contributed by atoms with van der Waals surface area (Å²) in [5, 5.41) is 10.9. The molecule has 0 aliphatic rings. The van der Waals surface area contributed by atoms with E-state index in [2.05, 4.69) is 11.9 Å². The van der Waals surface area contributed by atoms with Gasteiger partial charge in [0.15, 0.2) is 0 Å². The quantitative estimate of drug-likeness (QED) is 0.449. The molecule has 2 atom stereocenters. The highest BCUT2D eigenvalue weighted by atomic mass is 16.4. The van der Waals surface area contributed by atoms with Crippen molar-refractivity contribution in [2.24, 2.45) is 5.92 Å². The highest BCUT2D eigenvalue weighted by Gasteiger charge is 2.22. The number of amides is 1. The van der Waals surface area contributed by atoms with Gasteiger partial charge in [0.25, 0.3) is 0 Å². The third kappa shape index (κ3) is 3.18. The van der Waals surface area contributed by atoms with Crippen LogP contribution < -0.4 is 5.32 Å². The lowest BCUT2D eigenvalue weighted by atomic mass is 9.99. The van der Waals surface area contributed by atoms with E-state index in [1.54, 1.807) is 13.0 Å². The molecule has 68 valence electrons. The smallest absolute Gasteiger partial charge is 0.326 e. The molecular formula is C8H13NO3. The van der Waals surface area contributed by atoms with E-state index >= 15 is 0 Å². The summed E-state index contributed by atoms with van der Waals surface area (Å²) in [6.45, 7) is 5.24. The third-order valence-corrected chi connectivity index (χ3v) is 1.62. The van der Waals surface area contributed by atoms with Crippen molar-refractivity contribution in [1.29, 1.82) is 0 Å². The Morgan fingerprint density at radius 2 is 2.33 bits per heavy atom. The normalized spacial score (nSPS) is 14.4. The average molecular weight is 171 g/mol. The van der Waals surface area contributed by atoms with Crippen LogP contribution in [0.2, 0.25) is 0 Å². The van der Waals surface area contributed by atoms with Crippen LogP contribution in [0.5, 0.6) is 0 Å². The molecule has 4 nitrogen and oxygen atoms in total. The first-order valence-electron chi connectivity index (χ1n) is 3.66. The Kier molecular flexibility index (Phi) is 4.76. The van der Waals surface area contributed by atoms with Gasteiger partial charge in [0, 0.05) is 0 Å². The second-order valence-electron chi connectivity index (χ2n) is 2.60. The minimum absolute atomic E-state index is 0.134. The van der Waals surface area contributed by atoms with Crippen LogP contribution in [0.4, 0.5) is 0 Å². The monoisotopic (exact) mass is 171 g/mol. The number of nitrogens with one attached hydrogen (secondary N) is 1. The number of carboxylic acids is 1. The molecule has 1 amide bonds. The Bertz CT molecular complexity index is 179. The Labute approximate surface area is 71.3 Å². The minimum Gasteiger partial charge on any atom is -0.480 e. The summed E-state index contributed by atoms with van der Waals surface area (Å²) in [4.78, 5) is 20.6. The first-order valence-corrected chi connectivity index (χ1v) is 3.66. The fourth-order valence-electron chi connectivity index (χ4n) is 0.951. The maximum Gasteiger partial charge on any atom is 0.326 e. The van der Waals surface area contributed by atoms with Gasteiger partial charge in [-0.25, -0.2) is 4.79 Å². The molecule has 0 aliphatic heterocycles. The van der Waals surface area contributed by atoms with E-state index in [9.17, 15) is 9.59 Å². The summed E-state index contributed by atoms with van der Waals surface area (Å²) in [5.74, 6) is -1.15. The highest BCUT2D eigenvalue weighted by molar-refractivity contribution is 5.76. The molecular weight excluding hydrogens is 158 g/mol. The fraction of sp³-hybridized carbons (Fsp3) is 0.500. The van der Waals surface area contributed by atoms with Crippen molar-refractivity contribution in [3.05, 3.63) is 12.7 Å². The van der Waals surface area contributed by atoms with Gasteiger partial charge in [-0.15, -0.1) is 6.58 Å². The van der Waals surface area contributed by atoms with Gasteiger partial charge in [-0.3, -0.25) is 4.79 Å². The number of aliphatic carboxylic acids is 1. The summed E-state index contributed by atoms with van der Waals surface area (Å²) in [5.41, 5.74) is 0. The Morgan fingerprint density at radius 1 is 1.75 bits per heavy atom. The third-order valence-electron chi connectivity index (χ3n) is 1.62. The summed E-state index contributed by atoms with van der Waals surface area (Å²) in [6.07, 6.45) is 2.60. The van der Waals surface area contributed by atoms with Crippen LogP contribution >= 0.6 is 0 Å². The zero-order valence-corrected chi connectivity index (χ0v) is 6.99. The van der Waals surface area contributed by atoms with Gasteiger partial charge in [-0.2, -0.15) is 0 Å². The molecule has 0 bridgehead atoms. The number of carbonyl (C=O) groups excluding carboxylic acids is 1. The summed E-state index contributed by atoms with van der Waals surface area (Å²) in [6, 6.07) is -0.819. The molecule has 2 N–H and O–H groups in total. The molecule has 2 unspecified atom stereocenters. The number of rotatable bonds is 6. The van der Waals surface area contributed by atoms with Gasteiger partial charge in [0.1, 0.15) is 6.04 Å². The SMILES string of the molecule is C=CCC(C)C(NC=O)C(=O)O. The van der Waals surface area contributed by atoms with E-state index in [-0.39, 0.29) is 5.92 Å². The Morgan fingerprint density at radius 3 is 2.67 bits per heavy atom. The predicted molar refractivity (Wildman–Crippen MR) is 44.6 cm³/mol. The van der Waals surface area contributed by atoms with Crippen molar-refractivity contribution in [1.82, 2.24) is 5.32 Å². The Balaban J connectivity index is 4.16. The highest BCUT2D eigenvalue weighted by Crippen LogP contribution is 2.08. The van der Waals surface area contributed by atoms with Crippen LogP contribution in [0.1, 0.15) is 13.3 Å². The molecule has 0 spiro atoms. The van der Waals surface area contributed by atoms with Gasteiger partial charge >= 0.3 is 5.97 Å². The second kappa shape index (κ2) is 5.35. The predicted octanol–water partition coefficient (Wildman–Crippen LogP) is 0.398. The van der Waals surface area contributed by atoms with Gasteiger partial charge in [-0.1, -0.05) is 13.0 Å². The summed E-state index contributed by atoms with van der Waals surface area (Å²) < 4.78 is 0. The van der Waals surface area contributed by atoms with Crippen molar-refractivity contribution in [3.63, 3.8) is 0 Å². The van der Waals surface area contributed by atoms with Gasteiger partial charge in [-0.05, 0) is 12.3 Å². The largest absolute Gasteiger partial charge is 0.480 e. The molecule has 0 aromatic heterocycles. The lowest BCUT2D eigenvalue weighted by Gasteiger charge is -2.17. The number of carboxylic acid groups (broad SMARTS) is 1. The first kappa shape index (κ1) is 10.7. The fourth-order valence-corrected chi connectivity index (χ4v) is 0.951. The van der Waals surface area contributed by atoms with E-state index in [0.29, 0.717) is 12.8 Å². The molecule has 0 radical (unpaired) electrons. The Hall–Kier alpha value is -1.32. The van der Waals surface area contributed by atoms with Crippen molar-refractivity contribution in [2.75, 3.05) is 0 Å². The number of hydrogen-bond donors (Lipinski definition) is 2. The lowest BCUT2D eigenvalue weighted by molar-refractivity contribution is -0.141. The van der Waals surface area contributed by atoms with Crippen LogP contribution in [0, 0.1) is 5.92 Å². The van der Waals surface area contributed by atoms with E-state index in [0.717, 1.165) is 0 Å². The molecule has 0 aromatic carbocycles. The standard InChI is InChI=1S/C8H13NO3/c1-3-4-6(2)7(8(11)12)9-5-10/h3,5-7H,1,4H2,2H3,(H,9,10)(H,11,12). The molecule has 0 aromatic rings. The van der Waals surface area contributed by atoms with Crippen molar-refractivity contribution < 1.29 is 14.7 Å². The van der Waals surface area contributed by atoms with E-state index in [1.165, 1.54) is 0 Å². The first-order chi connectivity index (χ1) is 5.63. The summed E-state index contributed by atoms with van der Waals surface area (Å²) >= 11 is 0. The maximum atomic E-state index is 10.6. The second-order valence-corrected chi connectivity index (χ2v) is 2.60. The molecule has 4 heteroatoms.